The Morgan fingerprint density at radius 1 is 1.29 bits per heavy atom. The van der Waals surface area contributed by atoms with E-state index in [1.165, 1.54) is 0 Å². The second-order valence-corrected chi connectivity index (χ2v) is 7.81. The SMILES string of the molecule is CCC1CCCN(S(=O)(=O)c2cc(C)c(OC)c(C)c2)C1. The van der Waals surface area contributed by atoms with Gasteiger partial charge in [-0.25, -0.2) is 8.42 Å². The highest BCUT2D eigenvalue weighted by Gasteiger charge is 2.30. The van der Waals surface area contributed by atoms with Crippen LogP contribution in [0.2, 0.25) is 0 Å². The first-order valence-corrected chi connectivity index (χ1v) is 8.99. The van der Waals surface area contributed by atoms with E-state index >= 15 is 0 Å². The lowest BCUT2D eigenvalue weighted by molar-refractivity contribution is 0.261. The Balaban J connectivity index is 2.35. The zero-order valence-corrected chi connectivity index (χ0v) is 14.2. The first-order chi connectivity index (χ1) is 9.90. The Bertz CT molecular complexity index is 587. The van der Waals surface area contributed by atoms with E-state index in [1.807, 2.05) is 13.8 Å². The summed E-state index contributed by atoms with van der Waals surface area (Å²) >= 11 is 0. The number of aryl methyl sites for hydroxylation is 2. The zero-order valence-electron chi connectivity index (χ0n) is 13.3. The van der Waals surface area contributed by atoms with Crippen LogP contribution in [-0.2, 0) is 10.0 Å². The van der Waals surface area contributed by atoms with Gasteiger partial charge in [0.2, 0.25) is 10.0 Å². The molecule has 0 amide bonds. The zero-order chi connectivity index (χ0) is 15.6. The average molecular weight is 311 g/mol. The van der Waals surface area contributed by atoms with Crippen LogP contribution in [0.1, 0.15) is 37.3 Å². The number of hydrogen-bond donors (Lipinski definition) is 0. The number of hydrogen-bond acceptors (Lipinski definition) is 3. The standard InChI is InChI=1S/C16H25NO3S/c1-5-14-7-6-8-17(11-14)21(18,19)15-9-12(2)16(20-4)13(3)10-15/h9-10,14H,5-8,11H2,1-4H3. The van der Waals surface area contributed by atoms with Gasteiger partial charge in [-0.05, 0) is 55.9 Å². The quantitative estimate of drug-likeness (QED) is 0.858. The highest BCUT2D eigenvalue weighted by atomic mass is 32.2. The van der Waals surface area contributed by atoms with E-state index in [0.717, 1.165) is 36.1 Å². The summed E-state index contributed by atoms with van der Waals surface area (Å²) in [7, 11) is -1.79. The van der Waals surface area contributed by atoms with E-state index in [1.54, 1.807) is 23.5 Å². The van der Waals surface area contributed by atoms with Crippen molar-refractivity contribution in [2.75, 3.05) is 20.2 Å². The van der Waals surface area contributed by atoms with Gasteiger partial charge in [0.15, 0.2) is 0 Å². The van der Waals surface area contributed by atoms with Gasteiger partial charge in [0, 0.05) is 13.1 Å². The third-order valence-corrected chi connectivity index (χ3v) is 6.18. The Hall–Kier alpha value is -1.07. The molecule has 0 radical (unpaired) electrons. The molecule has 0 N–H and O–H groups in total. The minimum absolute atomic E-state index is 0.384. The third kappa shape index (κ3) is 3.24. The van der Waals surface area contributed by atoms with Crippen LogP contribution >= 0.6 is 0 Å². The van der Waals surface area contributed by atoms with Crippen molar-refractivity contribution in [1.29, 1.82) is 0 Å². The molecule has 1 unspecified atom stereocenters. The monoisotopic (exact) mass is 311 g/mol. The summed E-state index contributed by atoms with van der Waals surface area (Å²) < 4.78 is 32.6. The second kappa shape index (κ2) is 6.36. The number of rotatable bonds is 4. The molecular formula is C16H25NO3S. The minimum Gasteiger partial charge on any atom is -0.496 e. The Morgan fingerprint density at radius 3 is 2.43 bits per heavy atom. The smallest absolute Gasteiger partial charge is 0.243 e. The lowest BCUT2D eigenvalue weighted by Gasteiger charge is -2.31. The number of benzene rings is 1. The molecule has 1 atom stereocenters. The molecule has 0 bridgehead atoms. The van der Waals surface area contributed by atoms with Gasteiger partial charge < -0.3 is 4.74 Å². The number of sulfonamides is 1. The molecule has 0 saturated carbocycles. The van der Waals surface area contributed by atoms with Crippen molar-refractivity contribution in [3.05, 3.63) is 23.3 Å². The molecule has 1 fully saturated rings. The summed E-state index contributed by atoms with van der Waals surface area (Å²) in [6, 6.07) is 3.44. The molecule has 118 valence electrons. The van der Waals surface area contributed by atoms with E-state index in [9.17, 15) is 8.42 Å². The molecule has 1 aliphatic rings. The van der Waals surface area contributed by atoms with E-state index < -0.39 is 10.0 Å². The number of ether oxygens (including phenoxy) is 1. The molecule has 5 heteroatoms. The molecule has 1 aromatic rings. The number of methoxy groups -OCH3 is 1. The van der Waals surface area contributed by atoms with Crippen molar-refractivity contribution < 1.29 is 13.2 Å². The Morgan fingerprint density at radius 2 is 1.90 bits per heavy atom. The van der Waals surface area contributed by atoms with Gasteiger partial charge in [-0.15, -0.1) is 0 Å². The van der Waals surface area contributed by atoms with Crippen LogP contribution in [0.25, 0.3) is 0 Å². The minimum atomic E-state index is -3.40. The normalized spacial score (nSPS) is 20.5. The maximum absolute atomic E-state index is 12.8. The molecule has 21 heavy (non-hydrogen) atoms. The van der Waals surface area contributed by atoms with E-state index in [0.29, 0.717) is 23.9 Å². The van der Waals surface area contributed by atoms with Gasteiger partial charge >= 0.3 is 0 Å². The molecule has 0 aliphatic carbocycles. The predicted molar refractivity (Wildman–Crippen MR) is 84.2 cm³/mol. The molecule has 1 heterocycles. The Kier molecular flexibility index (Phi) is 4.94. The fraction of sp³-hybridized carbons (Fsp3) is 0.625. The molecule has 4 nitrogen and oxygen atoms in total. The van der Waals surface area contributed by atoms with Crippen LogP contribution < -0.4 is 4.74 Å². The topological polar surface area (TPSA) is 46.6 Å². The van der Waals surface area contributed by atoms with Gasteiger partial charge in [-0.1, -0.05) is 13.3 Å². The number of nitrogens with zero attached hydrogens (tertiary/aromatic N) is 1. The summed E-state index contributed by atoms with van der Waals surface area (Å²) in [5, 5.41) is 0. The Labute approximate surface area is 128 Å². The van der Waals surface area contributed by atoms with Gasteiger partial charge in [-0.2, -0.15) is 4.31 Å². The largest absolute Gasteiger partial charge is 0.496 e. The summed E-state index contributed by atoms with van der Waals surface area (Å²) in [6.07, 6.45) is 3.11. The van der Waals surface area contributed by atoms with E-state index in [4.69, 9.17) is 4.74 Å². The van der Waals surface area contributed by atoms with Crippen molar-refractivity contribution in [2.45, 2.75) is 44.9 Å². The fourth-order valence-corrected chi connectivity index (χ4v) is 4.84. The van der Waals surface area contributed by atoms with Gasteiger partial charge in [0.25, 0.3) is 0 Å². The molecular weight excluding hydrogens is 286 g/mol. The van der Waals surface area contributed by atoms with E-state index in [2.05, 4.69) is 6.92 Å². The molecule has 0 aromatic heterocycles. The summed E-state index contributed by atoms with van der Waals surface area (Å²) in [6.45, 7) is 7.17. The van der Waals surface area contributed by atoms with Crippen molar-refractivity contribution in [3.63, 3.8) is 0 Å². The third-order valence-electron chi connectivity index (χ3n) is 4.33. The summed E-state index contributed by atoms with van der Waals surface area (Å²) in [5.74, 6) is 1.24. The van der Waals surface area contributed by atoms with Crippen molar-refractivity contribution in [2.24, 2.45) is 5.92 Å². The molecule has 2 rings (SSSR count). The lowest BCUT2D eigenvalue weighted by atomic mass is 9.97. The maximum atomic E-state index is 12.8. The van der Waals surface area contributed by atoms with Gasteiger partial charge in [0.05, 0.1) is 12.0 Å². The molecule has 1 aromatic carbocycles. The van der Waals surface area contributed by atoms with Crippen LogP contribution in [0.15, 0.2) is 17.0 Å². The lowest BCUT2D eigenvalue weighted by Crippen LogP contribution is -2.39. The fourth-order valence-electron chi connectivity index (χ4n) is 3.11. The molecule has 1 saturated heterocycles. The van der Waals surface area contributed by atoms with Crippen LogP contribution in [0.5, 0.6) is 5.75 Å². The van der Waals surface area contributed by atoms with Crippen LogP contribution in [0.3, 0.4) is 0 Å². The van der Waals surface area contributed by atoms with Crippen molar-refractivity contribution >= 4 is 10.0 Å². The highest BCUT2D eigenvalue weighted by molar-refractivity contribution is 7.89. The second-order valence-electron chi connectivity index (χ2n) is 5.87. The first kappa shape index (κ1) is 16.3. The van der Waals surface area contributed by atoms with Gasteiger partial charge in [-0.3, -0.25) is 0 Å². The number of piperidine rings is 1. The summed E-state index contributed by atoms with van der Waals surface area (Å²) in [4.78, 5) is 0.384. The van der Waals surface area contributed by atoms with Crippen LogP contribution in [0, 0.1) is 19.8 Å². The van der Waals surface area contributed by atoms with Crippen LogP contribution in [0.4, 0.5) is 0 Å². The van der Waals surface area contributed by atoms with Crippen molar-refractivity contribution in [1.82, 2.24) is 4.31 Å². The maximum Gasteiger partial charge on any atom is 0.243 e. The highest BCUT2D eigenvalue weighted by Crippen LogP contribution is 2.30. The molecule has 0 spiro atoms. The van der Waals surface area contributed by atoms with E-state index in [-0.39, 0.29) is 0 Å². The van der Waals surface area contributed by atoms with Crippen LogP contribution in [-0.4, -0.2) is 32.9 Å². The first-order valence-electron chi connectivity index (χ1n) is 7.55. The van der Waals surface area contributed by atoms with Gasteiger partial charge in [0.1, 0.15) is 5.75 Å². The average Bonchev–Trinajstić information content (AvgIpc) is 2.47. The van der Waals surface area contributed by atoms with Crippen molar-refractivity contribution in [3.8, 4) is 5.75 Å². The summed E-state index contributed by atoms with van der Waals surface area (Å²) in [5.41, 5.74) is 1.72. The molecule has 1 aliphatic heterocycles. The predicted octanol–water partition coefficient (Wildman–Crippen LogP) is 3.12.